The van der Waals surface area contributed by atoms with E-state index in [-0.39, 0.29) is 18.7 Å². The van der Waals surface area contributed by atoms with E-state index in [2.05, 4.69) is 11.8 Å². The molecule has 0 saturated carbocycles. The molecule has 0 aliphatic carbocycles. The van der Waals surface area contributed by atoms with E-state index in [4.69, 9.17) is 14.6 Å². The van der Waals surface area contributed by atoms with Gasteiger partial charge in [-0.05, 0) is 27.3 Å². The monoisotopic (exact) mass is 359 g/mol. The van der Waals surface area contributed by atoms with Crippen molar-refractivity contribution in [3.05, 3.63) is 0 Å². The first-order valence-corrected chi connectivity index (χ1v) is 8.81. The van der Waals surface area contributed by atoms with Gasteiger partial charge in [0.1, 0.15) is 5.60 Å². The topological polar surface area (TPSA) is 82.6 Å². The highest BCUT2D eigenvalue weighted by Gasteiger charge is 2.33. The van der Waals surface area contributed by atoms with Crippen molar-refractivity contribution in [2.45, 2.75) is 39.3 Å². The maximum absolute atomic E-state index is 12.4. The second-order valence-electron chi connectivity index (χ2n) is 7.33. The normalized spacial score (nSPS) is 19.3. The summed E-state index contributed by atoms with van der Waals surface area (Å²) in [6.07, 6.45) is -0.340. The molecule has 1 saturated heterocycles. The molecule has 0 aromatic rings. The van der Waals surface area contributed by atoms with Crippen LogP contribution in [0.2, 0.25) is 0 Å². The minimum atomic E-state index is -0.851. The van der Waals surface area contributed by atoms with Crippen LogP contribution in [0, 0.1) is 0 Å². The number of aliphatic carboxylic acids is 1. The van der Waals surface area contributed by atoms with Crippen molar-refractivity contribution in [2.75, 3.05) is 59.5 Å². The minimum absolute atomic E-state index is 0.0192. The molecule has 1 amide bonds. The van der Waals surface area contributed by atoms with Crippen LogP contribution in [-0.2, 0) is 14.3 Å². The second-order valence-corrected chi connectivity index (χ2v) is 7.33. The Hall–Kier alpha value is -1.38. The molecule has 0 aromatic carbocycles. The molecule has 146 valence electrons. The van der Waals surface area contributed by atoms with Crippen LogP contribution in [0.3, 0.4) is 0 Å². The fourth-order valence-electron chi connectivity index (χ4n) is 2.84. The molecule has 0 radical (unpaired) electrons. The lowest BCUT2D eigenvalue weighted by Gasteiger charge is -2.42. The third kappa shape index (κ3) is 8.02. The molecule has 1 aliphatic rings. The molecule has 1 atom stereocenters. The Labute approximate surface area is 150 Å². The van der Waals surface area contributed by atoms with Gasteiger partial charge in [-0.1, -0.05) is 6.92 Å². The van der Waals surface area contributed by atoms with Gasteiger partial charge in [0, 0.05) is 45.9 Å². The molecule has 8 nitrogen and oxygen atoms in total. The Kier molecular flexibility index (Phi) is 8.61. The second kappa shape index (κ2) is 9.94. The van der Waals surface area contributed by atoms with Crippen LogP contribution in [-0.4, -0.2) is 103 Å². The number of amides is 1. The molecule has 0 unspecified atom stereocenters. The van der Waals surface area contributed by atoms with Crippen molar-refractivity contribution in [3.8, 4) is 0 Å². The standard InChI is InChI=1S/C17H33N3O5/c1-6-18(9-10-24-5)11-14-12-20(16(23)25-17(2,3)4)8-7-19(14)13-15(21)22/h14H,6-13H2,1-5H3,(H,21,22)/t14-/m0/s1. The fourth-order valence-corrected chi connectivity index (χ4v) is 2.84. The van der Waals surface area contributed by atoms with Gasteiger partial charge in [0.25, 0.3) is 0 Å². The molecule has 1 aliphatic heterocycles. The first-order valence-electron chi connectivity index (χ1n) is 8.81. The zero-order valence-corrected chi connectivity index (χ0v) is 16.2. The van der Waals surface area contributed by atoms with Gasteiger partial charge in [0.05, 0.1) is 13.2 Å². The number of methoxy groups -OCH3 is 1. The summed E-state index contributed by atoms with van der Waals surface area (Å²) in [6, 6.07) is -0.0471. The number of rotatable bonds is 8. The molecule has 1 N–H and O–H groups in total. The number of likely N-dealkylation sites (N-methyl/N-ethyl adjacent to an activating group) is 1. The number of carboxylic acid groups (broad SMARTS) is 1. The largest absolute Gasteiger partial charge is 0.480 e. The van der Waals surface area contributed by atoms with Gasteiger partial charge in [-0.2, -0.15) is 0 Å². The zero-order chi connectivity index (χ0) is 19.0. The van der Waals surface area contributed by atoms with Crippen LogP contribution in [0.25, 0.3) is 0 Å². The lowest BCUT2D eigenvalue weighted by atomic mass is 10.1. The van der Waals surface area contributed by atoms with Crippen molar-refractivity contribution in [1.82, 2.24) is 14.7 Å². The predicted octanol–water partition coefficient (Wildman–Crippen LogP) is 0.961. The van der Waals surface area contributed by atoms with E-state index in [1.165, 1.54) is 0 Å². The highest BCUT2D eigenvalue weighted by Crippen LogP contribution is 2.16. The Bertz CT molecular complexity index is 438. The number of piperazine rings is 1. The van der Waals surface area contributed by atoms with Crippen molar-refractivity contribution in [3.63, 3.8) is 0 Å². The van der Waals surface area contributed by atoms with Gasteiger partial charge >= 0.3 is 12.1 Å². The number of hydrogen-bond acceptors (Lipinski definition) is 6. The molecule has 1 heterocycles. The summed E-state index contributed by atoms with van der Waals surface area (Å²) < 4.78 is 10.6. The van der Waals surface area contributed by atoms with E-state index in [0.717, 1.165) is 13.1 Å². The average molecular weight is 359 g/mol. The Morgan fingerprint density at radius 2 is 1.96 bits per heavy atom. The highest BCUT2D eigenvalue weighted by atomic mass is 16.6. The molecule has 1 rings (SSSR count). The molecule has 25 heavy (non-hydrogen) atoms. The van der Waals surface area contributed by atoms with Crippen LogP contribution in [0.15, 0.2) is 0 Å². The van der Waals surface area contributed by atoms with Crippen molar-refractivity contribution in [2.24, 2.45) is 0 Å². The number of ether oxygens (including phenoxy) is 2. The summed E-state index contributed by atoms with van der Waals surface area (Å²) in [6.45, 7) is 11.9. The van der Waals surface area contributed by atoms with E-state index in [9.17, 15) is 9.59 Å². The summed E-state index contributed by atoms with van der Waals surface area (Å²) in [4.78, 5) is 29.3. The van der Waals surface area contributed by atoms with E-state index >= 15 is 0 Å². The Morgan fingerprint density at radius 1 is 1.28 bits per heavy atom. The Balaban J connectivity index is 2.76. The van der Waals surface area contributed by atoms with Crippen LogP contribution in [0.1, 0.15) is 27.7 Å². The smallest absolute Gasteiger partial charge is 0.410 e. The van der Waals surface area contributed by atoms with Gasteiger partial charge in [0.15, 0.2) is 0 Å². The lowest BCUT2D eigenvalue weighted by Crippen LogP contribution is -2.59. The summed E-state index contributed by atoms with van der Waals surface area (Å²) in [7, 11) is 1.66. The maximum Gasteiger partial charge on any atom is 0.410 e. The van der Waals surface area contributed by atoms with E-state index in [0.29, 0.717) is 32.8 Å². The minimum Gasteiger partial charge on any atom is -0.480 e. The molecular formula is C17H33N3O5. The van der Waals surface area contributed by atoms with Gasteiger partial charge in [-0.15, -0.1) is 0 Å². The third-order valence-corrected chi connectivity index (χ3v) is 4.12. The molecule has 1 fully saturated rings. The first-order chi connectivity index (χ1) is 11.7. The number of hydrogen-bond donors (Lipinski definition) is 1. The lowest BCUT2D eigenvalue weighted by molar-refractivity contribution is -0.139. The van der Waals surface area contributed by atoms with E-state index in [1.54, 1.807) is 12.0 Å². The van der Waals surface area contributed by atoms with E-state index in [1.807, 2.05) is 25.7 Å². The third-order valence-electron chi connectivity index (χ3n) is 4.12. The maximum atomic E-state index is 12.4. The number of carbonyl (C=O) groups excluding carboxylic acids is 1. The van der Waals surface area contributed by atoms with Gasteiger partial charge in [0.2, 0.25) is 0 Å². The van der Waals surface area contributed by atoms with Crippen LogP contribution in [0.4, 0.5) is 4.79 Å². The average Bonchev–Trinajstić information content (AvgIpc) is 2.50. The van der Waals surface area contributed by atoms with E-state index < -0.39 is 11.6 Å². The number of carbonyl (C=O) groups is 2. The fraction of sp³-hybridized carbons (Fsp3) is 0.882. The molecule has 0 bridgehead atoms. The Morgan fingerprint density at radius 3 is 2.48 bits per heavy atom. The zero-order valence-electron chi connectivity index (χ0n) is 16.2. The van der Waals surface area contributed by atoms with Crippen LogP contribution in [0.5, 0.6) is 0 Å². The van der Waals surface area contributed by atoms with Crippen molar-refractivity contribution < 1.29 is 24.2 Å². The summed E-state index contributed by atoms with van der Waals surface area (Å²) in [5.41, 5.74) is -0.543. The summed E-state index contributed by atoms with van der Waals surface area (Å²) in [5.74, 6) is -0.851. The van der Waals surface area contributed by atoms with Crippen LogP contribution < -0.4 is 0 Å². The highest BCUT2D eigenvalue weighted by molar-refractivity contribution is 5.70. The number of nitrogens with zero attached hydrogens (tertiary/aromatic N) is 3. The summed E-state index contributed by atoms with van der Waals surface area (Å²) in [5, 5.41) is 9.16. The molecule has 8 heteroatoms. The molecule has 0 aromatic heterocycles. The predicted molar refractivity (Wildman–Crippen MR) is 94.8 cm³/mol. The van der Waals surface area contributed by atoms with Gasteiger partial charge in [-0.25, -0.2) is 4.79 Å². The molecule has 0 spiro atoms. The van der Waals surface area contributed by atoms with Gasteiger partial charge < -0.3 is 19.5 Å². The summed E-state index contributed by atoms with van der Waals surface area (Å²) >= 11 is 0. The van der Waals surface area contributed by atoms with Gasteiger partial charge in [-0.3, -0.25) is 14.6 Å². The van der Waals surface area contributed by atoms with Crippen molar-refractivity contribution in [1.29, 1.82) is 0 Å². The first kappa shape index (κ1) is 21.7. The quantitative estimate of drug-likeness (QED) is 0.691. The number of carboxylic acids is 1. The molecular weight excluding hydrogens is 326 g/mol. The SMILES string of the molecule is CCN(CCOC)C[C@H]1CN(C(=O)OC(C)(C)C)CCN1CC(=O)O. The van der Waals surface area contributed by atoms with Crippen LogP contribution >= 0.6 is 0 Å². The van der Waals surface area contributed by atoms with Crippen molar-refractivity contribution >= 4 is 12.1 Å².